The molecule has 8 nitrogen and oxygen atoms in total. The van der Waals surface area contributed by atoms with Crippen molar-refractivity contribution in [1.29, 1.82) is 0 Å². The van der Waals surface area contributed by atoms with Crippen LogP contribution >= 0.6 is 0 Å². The van der Waals surface area contributed by atoms with Gasteiger partial charge in [-0.15, -0.1) is 0 Å². The first kappa shape index (κ1) is 23.8. The molecule has 0 bridgehead atoms. The standard InChI is InChI=1S/C23H29N5O3S/c1-17-10-12-19(13-11-17)23-26-15-21(28-23)20(9-5-6-14-27-32(24,30)31)25-16-22(29)18-7-3-2-4-8-18/h2-4,7-8,10-13,15,20,25,27H,5-6,9,14,16H2,1H3,(H,26,28)(H2,24,30,31). The van der Waals surface area contributed by atoms with E-state index in [4.69, 9.17) is 5.14 Å². The number of imidazole rings is 1. The predicted octanol–water partition coefficient (Wildman–Crippen LogP) is 2.86. The second-order valence-electron chi connectivity index (χ2n) is 7.71. The number of nitrogens with zero attached hydrogens (tertiary/aromatic N) is 1. The third-order valence-corrected chi connectivity index (χ3v) is 5.73. The van der Waals surface area contributed by atoms with Gasteiger partial charge in [-0.2, -0.15) is 8.42 Å². The molecule has 0 spiro atoms. The lowest BCUT2D eigenvalue weighted by atomic mass is 10.1. The number of aryl methyl sites for hydroxylation is 1. The van der Waals surface area contributed by atoms with Crippen LogP contribution in [0.25, 0.3) is 11.4 Å². The maximum Gasteiger partial charge on any atom is 0.274 e. The summed E-state index contributed by atoms with van der Waals surface area (Å²) in [6.07, 6.45) is 3.84. The first-order chi connectivity index (χ1) is 15.3. The molecule has 0 aliphatic rings. The molecule has 3 rings (SSSR count). The van der Waals surface area contributed by atoms with Gasteiger partial charge in [0.1, 0.15) is 5.82 Å². The number of hydrogen-bond donors (Lipinski definition) is 4. The van der Waals surface area contributed by atoms with Gasteiger partial charge in [-0.3, -0.25) is 4.79 Å². The van der Waals surface area contributed by atoms with E-state index in [-0.39, 0.29) is 24.9 Å². The summed E-state index contributed by atoms with van der Waals surface area (Å²) < 4.78 is 24.3. The van der Waals surface area contributed by atoms with E-state index in [1.54, 1.807) is 18.3 Å². The van der Waals surface area contributed by atoms with Crippen molar-refractivity contribution in [1.82, 2.24) is 20.0 Å². The molecule has 9 heteroatoms. The normalized spacial score (nSPS) is 12.6. The lowest BCUT2D eigenvalue weighted by Crippen LogP contribution is -2.31. The summed E-state index contributed by atoms with van der Waals surface area (Å²) in [5.74, 6) is 0.766. The molecule has 2 aromatic carbocycles. The van der Waals surface area contributed by atoms with Crippen LogP contribution < -0.4 is 15.2 Å². The van der Waals surface area contributed by atoms with E-state index in [1.807, 2.05) is 49.4 Å². The molecule has 3 aromatic rings. The number of carbonyl (C=O) groups is 1. The number of ketones is 1. The molecular weight excluding hydrogens is 426 g/mol. The van der Waals surface area contributed by atoms with Crippen molar-refractivity contribution >= 4 is 16.0 Å². The Hall–Kier alpha value is -2.85. The van der Waals surface area contributed by atoms with Gasteiger partial charge >= 0.3 is 0 Å². The van der Waals surface area contributed by atoms with Gasteiger partial charge in [0.15, 0.2) is 5.78 Å². The second-order valence-corrected chi connectivity index (χ2v) is 9.09. The fourth-order valence-electron chi connectivity index (χ4n) is 3.37. The molecule has 0 aliphatic carbocycles. The van der Waals surface area contributed by atoms with E-state index in [2.05, 4.69) is 20.0 Å². The fraction of sp³-hybridized carbons (Fsp3) is 0.304. The van der Waals surface area contributed by atoms with Crippen molar-refractivity contribution in [3.05, 3.63) is 77.6 Å². The van der Waals surface area contributed by atoms with Gasteiger partial charge in [-0.05, 0) is 19.8 Å². The van der Waals surface area contributed by atoms with Crippen LogP contribution in [-0.4, -0.2) is 37.3 Å². The number of aromatic nitrogens is 2. The Morgan fingerprint density at radius 2 is 1.81 bits per heavy atom. The SMILES string of the molecule is Cc1ccc(-c2ncc(C(CCCCNS(N)(=O)=O)NCC(=O)c3ccccc3)[nH]2)cc1. The van der Waals surface area contributed by atoms with Crippen LogP contribution in [0.4, 0.5) is 0 Å². The van der Waals surface area contributed by atoms with Gasteiger partial charge in [0.05, 0.1) is 18.4 Å². The average molecular weight is 456 g/mol. The fourth-order valence-corrected chi connectivity index (χ4v) is 3.80. The van der Waals surface area contributed by atoms with Crippen LogP contribution in [0.5, 0.6) is 0 Å². The Bertz CT molecular complexity index is 1110. The largest absolute Gasteiger partial charge is 0.341 e. The highest BCUT2D eigenvalue weighted by Crippen LogP contribution is 2.22. The summed E-state index contributed by atoms with van der Waals surface area (Å²) in [5.41, 5.74) is 3.69. The number of carbonyl (C=O) groups excluding carboxylic acids is 1. The Labute approximate surface area is 188 Å². The average Bonchev–Trinajstić information content (AvgIpc) is 3.26. The molecule has 0 radical (unpaired) electrons. The van der Waals surface area contributed by atoms with E-state index in [9.17, 15) is 13.2 Å². The quantitative estimate of drug-likeness (QED) is 0.246. The van der Waals surface area contributed by atoms with E-state index in [0.717, 1.165) is 23.5 Å². The van der Waals surface area contributed by atoms with Crippen LogP contribution in [0.15, 0.2) is 60.8 Å². The van der Waals surface area contributed by atoms with Crippen LogP contribution in [0.2, 0.25) is 0 Å². The Balaban J connectivity index is 1.66. The molecular formula is C23H29N5O3S. The molecule has 1 heterocycles. The molecule has 5 N–H and O–H groups in total. The topological polar surface area (TPSA) is 130 Å². The number of aromatic amines is 1. The minimum absolute atomic E-state index is 0.00441. The van der Waals surface area contributed by atoms with Crippen molar-refractivity contribution in [2.24, 2.45) is 5.14 Å². The number of hydrogen-bond acceptors (Lipinski definition) is 5. The summed E-state index contributed by atoms with van der Waals surface area (Å²) in [6.45, 7) is 2.49. The Morgan fingerprint density at radius 3 is 2.50 bits per heavy atom. The molecule has 0 saturated heterocycles. The van der Waals surface area contributed by atoms with Gasteiger partial charge < -0.3 is 10.3 Å². The third kappa shape index (κ3) is 7.38. The van der Waals surface area contributed by atoms with E-state index in [0.29, 0.717) is 18.4 Å². The smallest absolute Gasteiger partial charge is 0.274 e. The van der Waals surface area contributed by atoms with Crippen LogP contribution in [0.1, 0.15) is 46.9 Å². The molecule has 1 atom stereocenters. The number of unbranched alkanes of at least 4 members (excludes halogenated alkanes) is 1. The van der Waals surface area contributed by atoms with Crippen LogP contribution in [-0.2, 0) is 10.2 Å². The van der Waals surface area contributed by atoms with E-state index in [1.165, 1.54) is 5.56 Å². The van der Waals surface area contributed by atoms with Gasteiger partial charge in [0.2, 0.25) is 0 Å². The maximum atomic E-state index is 12.5. The van der Waals surface area contributed by atoms with Gasteiger partial charge in [0.25, 0.3) is 10.2 Å². The highest BCUT2D eigenvalue weighted by molar-refractivity contribution is 7.87. The van der Waals surface area contributed by atoms with E-state index < -0.39 is 10.2 Å². The maximum absolute atomic E-state index is 12.5. The van der Waals surface area contributed by atoms with Gasteiger partial charge in [-0.25, -0.2) is 14.8 Å². The minimum atomic E-state index is -3.69. The summed E-state index contributed by atoms with van der Waals surface area (Å²) in [5, 5.41) is 8.30. The third-order valence-electron chi connectivity index (χ3n) is 5.12. The number of H-pyrrole nitrogens is 1. The monoisotopic (exact) mass is 455 g/mol. The predicted molar refractivity (Wildman–Crippen MR) is 125 cm³/mol. The summed E-state index contributed by atoms with van der Waals surface area (Å²) >= 11 is 0. The number of nitrogens with two attached hydrogens (primary N) is 1. The first-order valence-corrected chi connectivity index (χ1v) is 12.1. The first-order valence-electron chi connectivity index (χ1n) is 10.5. The number of rotatable bonds is 12. The lowest BCUT2D eigenvalue weighted by Gasteiger charge is -2.17. The lowest BCUT2D eigenvalue weighted by molar-refractivity contribution is 0.0986. The molecule has 0 amide bonds. The van der Waals surface area contributed by atoms with Crippen LogP contribution in [0, 0.1) is 6.92 Å². The van der Waals surface area contributed by atoms with Gasteiger partial charge in [-0.1, -0.05) is 66.6 Å². The number of benzene rings is 2. The zero-order valence-corrected chi connectivity index (χ0v) is 18.9. The summed E-state index contributed by atoms with van der Waals surface area (Å²) in [7, 11) is -3.69. The van der Waals surface area contributed by atoms with E-state index >= 15 is 0 Å². The Kier molecular flexibility index (Phi) is 8.29. The second kappa shape index (κ2) is 11.1. The molecule has 1 unspecified atom stereocenters. The highest BCUT2D eigenvalue weighted by atomic mass is 32.2. The van der Waals surface area contributed by atoms with Crippen LogP contribution in [0.3, 0.4) is 0 Å². The summed E-state index contributed by atoms with van der Waals surface area (Å²) in [4.78, 5) is 20.4. The van der Waals surface area contributed by atoms with Gasteiger partial charge in [0, 0.05) is 23.7 Å². The molecule has 1 aromatic heterocycles. The number of Topliss-reactive ketones (excluding diaryl/α,β-unsaturated/α-hetero) is 1. The summed E-state index contributed by atoms with van der Waals surface area (Å²) in [6, 6.07) is 17.1. The molecule has 32 heavy (non-hydrogen) atoms. The number of nitrogens with one attached hydrogen (secondary N) is 3. The zero-order chi connectivity index (χ0) is 23.0. The van der Waals surface area contributed by atoms with Crippen molar-refractivity contribution in [3.8, 4) is 11.4 Å². The highest BCUT2D eigenvalue weighted by Gasteiger charge is 2.17. The molecule has 0 saturated carbocycles. The van der Waals surface area contributed by atoms with Crippen molar-refractivity contribution < 1.29 is 13.2 Å². The molecule has 0 fully saturated rings. The zero-order valence-electron chi connectivity index (χ0n) is 18.0. The molecule has 170 valence electrons. The van der Waals surface area contributed by atoms with Crippen molar-refractivity contribution in [2.45, 2.75) is 32.2 Å². The van der Waals surface area contributed by atoms with Crippen molar-refractivity contribution in [3.63, 3.8) is 0 Å². The van der Waals surface area contributed by atoms with Crippen molar-refractivity contribution in [2.75, 3.05) is 13.1 Å². The molecule has 0 aliphatic heterocycles. The minimum Gasteiger partial charge on any atom is -0.341 e. The Morgan fingerprint density at radius 1 is 1.09 bits per heavy atom.